The lowest BCUT2D eigenvalue weighted by atomic mass is 10.0. The number of carbonyl (C=O) groups is 2. The number of fused-ring (bicyclic) bond motifs is 1. The number of aliphatic hydroxyl groups is 1. The van der Waals surface area contributed by atoms with Gasteiger partial charge in [0.25, 0.3) is 5.91 Å². The summed E-state index contributed by atoms with van der Waals surface area (Å²) in [6, 6.07) is 5.30. The van der Waals surface area contributed by atoms with E-state index in [1.807, 2.05) is 34.6 Å². The van der Waals surface area contributed by atoms with Crippen LogP contribution in [0.25, 0.3) is 0 Å². The molecular weight excluding hydrogens is 372 g/mol. The van der Waals surface area contributed by atoms with Crippen LogP contribution in [0, 0.1) is 0 Å². The van der Waals surface area contributed by atoms with Crippen molar-refractivity contribution in [3.8, 4) is 5.75 Å². The number of nitrogens with one attached hydrogen (secondary N) is 1. The van der Waals surface area contributed by atoms with Gasteiger partial charge in [-0.15, -0.1) is 0 Å². The zero-order valence-corrected chi connectivity index (χ0v) is 18.2. The maximum Gasteiger partial charge on any atom is 0.410 e. The van der Waals surface area contributed by atoms with E-state index in [1.54, 1.807) is 30.0 Å². The topological polar surface area (TPSA) is 88.1 Å². The minimum Gasteiger partial charge on any atom is -0.449 e. The van der Waals surface area contributed by atoms with Gasteiger partial charge in [0, 0.05) is 18.7 Å². The van der Waals surface area contributed by atoms with Gasteiger partial charge in [0.2, 0.25) is 0 Å². The van der Waals surface area contributed by atoms with Crippen LogP contribution in [0.3, 0.4) is 0 Å². The molecular formula is C22H32N2O5. The number of carbonyl (C=O) groups excluding carboxylic acids is 2. The molecule has 1 atom stereocenters. The third-order valence-electron chi connectivity index (χ3n) is 4.51. The molecule has 0 bridgehead atoms. The van der Waals surface area contributed by atoms with E-state index in [-0.39, 0.29) is 17.8 Å². The van der Waals surface area contributed by atoms with Crippen molar-refractivity contribution >= 4 is 17.7 Å². The number of ether oxygens (including phenoxy) is 2. The minimum atomic E-state index is -0.713. The molecule has 1 aromatic rings. The fourth-order valence-electron chi connectivity index (χ4n) is 3.19. The second kappa shape index (κ2) is 9.31. The van der Waals surface area contributed by atoms with E-state index in [0.717, 1.165) is 5.57 Å². The Morgan fingerprint density at radius 3 is 2.41 bits per heavy atom. The van der Waals surface area contributed by atoms with E-state index in [1.165, 1.54) is 0 Å². The third-order valence-corrected chi connectivity index (χ3v) is 4.51. The minimum absolute atomic E-state index is 0.286. The Bertz CT molecular complexity index is 783. The molecule has 7 nitrogen and oxygen atoms in total. The summed E-state index contributed by atoms with van der Waals surface area (Å²) in [6.07, 6.45) is 0.0449. The predicted molar refractivity (Wildman–Crippen MR) is 112 cm³/mol. The summed E-state index contributed by atoms with van der Waals surface area (Å²) in [5, 5.41) is 12.7. The van der Waals surface area contributed by atoms with Gasteiger partial charge in [-0.25, -0.2) is 4.79 Å². The Balaban J connectivity index is 0.00000145. The quantitative estimate of drug-likeness (QED) is 0.678. The Labute approximate surface area is 172 Å². The number of aliphatic hydroxyl groups excluding tert-OH is 1. The second-order valence-corrected chi connectivity index (χ2v) is 7.85. The number of rotatable bonds is 1. The molecule has 0 saturated carbocycles. The molecule has 7 heteroatoms. The average Bonchev–Trinajstić information content (AvgIpc) is 2.67. The van der Waals surface area contributed by atoms with Crippen molar-refractivity contribution in [1.29, 1.82) is 0 Å². The summed E-state index contributed by atoms with van der Waals surface area (Å²) < 4.78 is 11.3. The van der Waals surface area contributed by atoms with Gasteiger partial charge in [0.15, 0.2) is 11.5 Å². The summed E-state index contributed by atoms with van der Waals surface area (Å²) in [7, 11) is 0. The van der Waals surface area contributed by atoms with Crippen molar-refractivity contribution in [3.63, 3.8) is 0 Å². The number of nitrogens with zero attached hydrogens (tertiary/aromatic N) is 1. The van der Waals surface area contributed by atoms with Crippen molar-refractivity contribution in [2.75, 3.05) is 18.4 Å². The number of para-hydroxylation sites is 1. The van der Waals surface area contributed by atoms with Gasteiger partial charge < -0.3 is 24.8 Å². The van der Waals surface area contributed by atoms with Crippen LogP contribution >= 0.6 is 0 Å². The molecule has 0 radical (unpaired) electrons. The molecule has 160 valence electrons. The first kappa shape index (κ1) is 22.7. The van der Waals surface area contributed by atoms with E-state index < -0.39 is 11.7 Å². The Hall–Kier alpha value is -2.54. The first-order valence-corrected chi connectivity index (χ1v) is 10.2. The number of piperidine rings is 1. The summed E-state index contributed by atoms with van der Waals surface area (Å²) in [6.45, 7) is 12.1. The summed E-state index contributed by atoms with van der Waals surface area (Å²) in [5.41, 5.74) is 1.46. The highest BCUT2D eigenvalue weighted by molar-refractivity contribution is 6.06. The lowest BCUT2D eigenvalue weighted by Crippen LogP contribution is -2.41. The highest BCUT2D eigenvalue weighted by atomic mass is 16.6. The molecule has 2 N–H and O–H groups in total. The van der Waals surface area contributed by atoms with Crippen LogP contribution < -0.4 is 10.1 Å². The first-order valence-electron chi connectivity index (χ1n) is 10.2. The summed E-state index contributed by atoms with van der Waals surface area (Å²) in [5.74, 6) is 0.482. The van der Waals surface area contributed by atoms with E-state index in [2.05, 4.69) is 5.32 Å². The molecule has 3 rings (SSSR count). The highest BCUT2D eigenvalue weighted by Gasteiger charge is 2.31. The molecule has 2 aliphatic heterocycles. The number of likely N-dealkylation sites (tertiary alicyclic amines) is 1. The SMILES string of the molecule is CC.CC(O)c1cccc2c1NC(=O)C(=C1CCN(C(=O)OC(C)(C)C)CC1)O2. The zero-order valence-electron chi connectivity index (χ0n) is 18.2. The van der Waals surface area contributed by atoms with Crippen LogP contribution in [-0.2, 0) is 9.53 Å². The zero-order chi connectivity index (χ0) is 21.8. The number of hydrogen-bond donors (Lipinski definition) is 2. The van der Waals surface area contributed by atoms with Gasteiger partial charge >= 0.3 is 6.09 Å². The van der Waals surface area contributed by atoms with Crippen molar-refractivity contribution in [2.24, 2.45) is 0 Å². The third kappa shape index (κ3) is 5.50. The lowest BCUT2D eigenvalue weighted by Gasteiger charge is -2.32. The van der Waals surface area contributed by atoms with Gasteiger partial charge in [-0.1, -0.05) is 26.0 Å². The maximum absolute atomic E-state index is 12.6. The molecule has 0 spiro atoms. The van der Waals surface area contributed by atoms with Gasteiger partial charge in [-0.3, -0.25) is 4.79 Å². The smallest absolute Gasteiger partial charge is 0.410 e. The Morgan fingerprint density at radius 1 is 1.24 bits per heavy atom. The van der Waals surface area contributed by atoms with Crippen LogP contribution in [0.15, 0.2) is 29.5 Å². The molecule has 2 aliphatic rings. The second-order valence-electron chi connectivity index (χ2n) is 7.85. The van der Waals surface area contributed by atoms with Crippen LogP contribution in [-0.4, -0.2) is 40.7 Å². The highest BCUT2D eigenvalue weighted by Crippen LogP contribution is 2.38. The van der Waals surface area contributed by atoms with Crippen molar-refractivity contribution < 1.29 is 24.2 Å². The van der Waals surface area contributed by atoms with Crippen molar-refractivity contribution in [3.05, 3.63) is 35.1 Å². The molecule has 1 aromatic carbocycles. The lowest BCUT2D eigenvalue weighted by molar-refractivity contribution is -0.115. The van der Waals surface area contributed by atoms with Gasteiger partial charge in [0.05, 0.1) is 11.8 Å². The monoisotopic (exact) mass is 404 g/mol. The fraction of sp³-hybridized carbons (Fsp3) is 0.545. The largest absolute Gasteiger partial charge is 0.449 e. The van der Waals surface area contributed by atoms with Crippen LogP contribution in [0.1, 0.15) is 66.1 Å². The molecule has 0 aliphatic carbocycles. The van der Waals surface area contributed by atoms with Crippen molar-refractivity contribution in [2.45, 2.75) is 66.1 Å². The fourth-order valence-corrected chi connectivity index (χ4v) is 3.19. The molecule has 2 heterocycles. The predicted octanol–water partition coefficient (Wildman–Crippen LogP) is 4.38. The summed E-state index contributed by atoms with van der Waals surface area (Å²) in [4.78, 5) is 26.4. The number of benzene rings is 1. The molecule has 1 saturated heterocycles. The van der Waals surface area contributed by atoms with E-state index in [9.17, 15) is 14.7 Å². The standard InChI is InChI=1S/C20H26N2O5.C2H6/c1-12(23)14-6-5-7-15-16(14)21-18(24)17(26-15)13-8-10-22(11-9-13)19(25)27-20(2,3)4;1-2/h5-7,12,23H,8-11H2,1-4H3,(H,21,24);1-2H3. The normalized spacial score (nSPS) is 17.3. The molecule has 29 heavy (non-hydrogen) atoms. The molecule has 1 fully saturated rings. The van der Waals surface area contributed by atoms with Crippen LogP contribution in [0.5, 0.6) is 5.75 Å². The van der Waals surface area contributed by atoms with E-state index in [0.29, 0.717) is 42.9 Å². The maximum atomic E-state index is 12.6. The van der Waals surface area contributed by atoms with Crippen molar-refractivity contribution in [1.82, 2.24) is 4.90 Å². The van der Waals surface area contributed by atoms with E-state index in [4.69, 9.17) is 9.47 Å². The summed E-state index contributed by atoms with van der Waals surface area (Å²) >= 11 is 0. The molecule has 2 amide bonds. The van der Waals surface area contributed by atoms with Gasteiger partial charge in [0.1, 0.15) is 5.60 Å². The van der Waals surface area contributed by atoms with Crippen LogP contribution in [0.2, 0.25) is 0 Å². The molecule has 1 unspecified atom stereocenters. The first-order chi connectivity index (χ1) is 13.7. The van der Waals surface area contributed by atoms with E-state index >= 15 is 0 Å². The number of hydrogen-bond acceptors (Lipinski definition) is 5. The number of anilines is 1. The van der Waals surface area contributed by atoms with Gasteiger partial charge in [-0.05, 0) is 52.2 Å². The Kier molecular flexibility index (Phi) is 7.30. The Morgan fingerprint density at radius 2 is 1.86 bits per heavy atom. The van der Waals surface area contributed by atoms with Gasteiger partial charge in [-0.2, -0.15) is 0 Å². The van der Waals surface area contributed by atoms with Crippen LogP contribution in [0.4, 0.5) is 10.5 Å². The number of amides is 2. The average molecular weight is 405 g/mol. The molecule has 0 aromatic heterocycles.